The maximum Gasteiger partial charge on any atom is 1.00 e. The van der Waals surface area contributed by atoms with Crippen molar-refractivity contribution in [2.24, 2.45) is 0 Å². The quantitative estimate of drug-likeness (QED) is 0.644. The number of pyridine rings is 1. The molecule has 2 aromatic heterocycles. The Morgan fingerprint density at radius 2 is 1.62 bits per heavy atom. The number of nitrogens with zero attached hydrogens (tertiary/aromatic N) is 3. The number of anilines is 1. The van der Waals surface area contributed by atoms with Crippen LogP contribution in [0.25, 0.3) is 0 Å². The molecule has 8 heteroatoms. The molecule has 0 aromatic carbocycles. The van der Waals surface area contributed by atoms with Crippen LogP contribution in [-0.4, -0.2) is 21.0 Å². The Morgan fingerprint density at radius 1 is 1.04 bits per heavy atom. The molecule has 1 N–H and O–H groups in total. The van der Waals surface area contributed by atoms with Crippen molar-refractivity contribution >= 4 is 5.82 Å². The van der Waals surface area contributed by atoms with Crippen LogP contribution >= 0.6 is 0 Å². The van der Waals surface area contributed by atoms with Crippen LogP contribution in [0.15, 0.2) is 30.7 Å². The average molecular weight is 376 g/mol. The molecule has 0 saturated heterocycles. The fraction of sp³-hybridized carbons (Fsp3) is 0.500. The van der Waals surface area contributed by atoms with Gasteiger partial charge in [0, 0.05) is 18.6 Å². The molecule has 0 unspecified atom stereocenters. The van der Waals surface area contributed by atoms with Crippen molar-refractivity contribution in [3.05, 3.63) is 48.2 Å². The Morgan fingerprint density at radius 3 is 2.04 bits per heavy atom. The maximum atomic E-state index is 11.7. The minimum atomic E-state index is -4.35. The predicted octanol–water partition coefficient (Wildman–Crippen LogP) is 2.07. The van der Waals surface area contributed by atoms with Gasteiger partial charge in [-0.15, -0.1) is 0 Å². The fourth-order valence-electron chi connectivity index (χ4n) is 2.24. The van der Waals surface area contributed by atoms with Gasteiger partial charge in [-0.2, -0.15) is 13.2 Å². The van der Waals surface area contributed by atoms with Crippen molar-refractivity contribution in [1.29, 1.82) is 0 Å². The van der Waals surface area contributed by atoms with Crippen molar-refractivity contribution in [3.8, 4) is 0 Å². The fourth-order valence-corrected chi connectivity index (χ4v) is 2.24. The van der Waals surface area contributed by atoms with Crippen molar-refractivity contribution in [3.63, 3.8) is 0 Å². The summed E-state index contributed by atoms with van der Waals surface area (Å²) in [6.45, 7) is 6.06. The Balaban J connectivity index is 0.000000436. The Bertz CT molecular complexity index is 586. The molecule has 1 aliphatic carbocycles. The molecule has 1 saturated carbocycles. The summed E-state index contributed by atoms with van der Waals surface area (Å²) in [6, 6.07) is 4.83. The number of hydrogen-bond donors (Lipinski definition) is 1. The normalized spacial score (nSPS) is 13.5. The van der Waals surface area contributed by atoms with E-state index in [9.17, 15) is 13.2 Å². The molecule has 0 aliphatic heterocycles. The number of halogens is 3. The van der Waals surface area contributed by atoms with E-state index in [1.54, 1.807) is 0 Å². The molecule has 1 aliphatic rings. The van der Waals surface area contributed by atoms with Gasteiger partial charge in [0.1, 0.15) is 5.82 Å². The largest absolute Gasteiger partial charge is 1.00 e. The number of aromatic nitrogens is 3. The second kappa shape index (κ2) is 13.1. The third kappa shape index (κ3) is 9.50. The molecular formula is C18H24F3N4Na. The summed E-state index contributed by atoms with van der Waals surface area (Å²) in [4.78, 5) is 10.5. The van der Waals surface area contributed by atoms with Gasteiger partial charge in [0.05, 0.1) is 0 Å². The van der Waals surface area contributed by atoms with Crippen molar-refractivity contribution in [2.45, 2.75) is 58.7 Å². The smallest absolute Gasteiger partial charge is 0.374 e. The van der Waals surface area contributed by atoms with Crippen LogP contribution < -0.4 is 34.9 Å². The van der Waals surface area contributed by atoms with Crippen molar-refractivity contribution in [2.75, 3.05) is 5.32 Å². The maximum absolute atomic E-state index is 11.7. The van der Waals surface area contributed by atoms with Gasteiger partial charge in [-0.3, -0.25) is 0 Å². The zero-order valence-electron chi connectivity index (χ0n) is 15.8. The molecule has 138 valence electrons. The summed E-state index contributed by atoms with van der Waals surface area (Å²) < 4.78 is 35.1. The minimum Gasteiger partial charge on any atom is -0.374 e. The summed E-state index contributed by atoms with van der Waals surface area (Å²) in [5, 5.41) is 3.46. The molecule has 2 aromatic rings. The van der Waals surface area contributed by atoms with E-state index >= 15 is 0 Å². The second-order valence-electron chi connectivity index (χ2n) is 5.42. The van der Waals surface area contributed by atoms with Gasteiger partial charge < -0.3 is 15.3 Å². The van der Waals surface area contributed by atoms with Crippen LogP contribution in [0.4, 0.5) is 19.0 Å². The van der Waals surface area contributed by atoms with E-state index in [1.807, 2.05) is 26.4 Å². The number of aryl methyl sites for hydroxylation is 1. The third-order valence-electron chi connectivity index (χ3n) is 3.47. The summed E-state index contributed by atoms with van der Waals surface area (Å²) in [6.07, 6.45) is 6.25. The van der Waals surface area contributed by atoms with E-state index in [4.69, 9.17) is 0 Å². The predicted molar refractivity (Wildman–Crippen MR) is 92.1 cm³/mol. The topological polar surface area (TPSA) is 50.7 Å². The Hall–Kier alpha value is -1.18. The van der Waals surface area contributed by atoms with E-state index < -0.39 is 11.7 Å². The van der Waals surface area contributed by atoms with Crippen LogP contribution in [0, 0.1) is 13.3 Å². The van der Waals surface area contributed by atoms with Crippen LogP contribution in [0.3, 0.4) is 0 Å². The monoisotopic (exact) mass is 376 g/mol. The summed E-state index contributed by atoms with van der Waals surface area (Å²) in [5.41, 5.74) is 0.364. The number of alkyl halides is 3. The summed E-state index contributed by atoms with van der Waals surface area (Å²) in [5.74, 6) is 1.03. The van der Waals surface area contributed by atoms with Gasteiger partial charge in [-0.05, 0) is 37.0 Å². The number of hydrogen-bond acceptors (Lipinski definition) is 4. The first kappa shape index (κ1) is 24.8. The Kier molecular flexibility index (Phi) is 12.5. The molecule has 2 heterocycles. The van der Waals surface area contributed by atoms with Crippen LogP contribution in [0.2, 0.25) is 0 Å². The molecule has 0 spiro atoms. The van der Waals surface area contributed by atoms with Gasteiger partial charge in [0.15, 0.2) is 0 Å². The standard InChI is InChI=1S/C11H16N2.C5H2F3N2.C2H6.Na/c1-9-6-7-11(12-8-9)13-10-4-2-3-5-10;6-5(7,8)4-1-9-3-10-2-4;1-2;/h6-8,10H,2-5H2,1H3,(H,12,13);1-2H;1-2H3;/q;-1;;+1. The average Bonchev–Trinajstić information content (AvgIpc) is 3.12. The summed E-state index contributed by atoms with van der Waals surface area (Å²) in [7, 11) is 0. The van der Waals surface area contributed by atoms with Crippen LogP contribution in [0.1, 0.15) is 50.7 Å². The zero-order valence-corrected chi connectivity index (χ0v) is 17.8. The first-order valence-electron chi connectivity index (χ1n) is 8.39. The van der Waals surface area contributed by atoms with Gasteiger partial charge in [0.25, 0.3) is 0 Å². The second-order valence-corrected chi connectivity index (χ2v) is 5.42. The molecule has 1 fully saturated rings. The first-order chi connectivity index (χ1) is 11.9. The van der Waals surface area contributed by atoms with Crippen LogP contribution in [0.5, 0.6) is 0 Å². The van der Waals surface area contributed by atoms with E-state index in [0.717, 1.165) is 5.82 Å². The Labute approximate surface area is 175 Å². The zero-order chi connectivity index (χ0) is 18.7. The van der Waals surface area contributed by atoms with Gasteiger partial charge in [0.2, 0.25) is 0 Å². The van der Waals surface area contributed by atoms with Gasteiger partial charge >= 0.3 is 35.7 Å². The molecular weight excluding hydrogens is 352 g/mol. The van der Waals surface area contributed by atoms with Crippen molar-refractivity contribution < 1.29 is 42.7 Å². The first-order valence-corrected chi connectivity index (χ1v) is 8.39. The third-order valence-corrected chi connectivity index (χ3v) is 3.47. The minimum absolute atomic E-state index is 0. The molecule has 0 bridgehead atoms. The molecule has 0 radical (unpaired) electrons. The molecule has 4 nitrogen and oxygen atoms in total. The molecule has 0 atom stereocenters. The number of nitrogens with one attached hydrogen (secondary N) is 1. The van der Waals surface area contributed by atoms with Crippen molar-refractivity contribution in [1.82, 2.24) is 15.0 Å². The van der Waals surface area contributed by atoms with Crippen LogP contribution in [-0.2, 0) is 6.18 Å². The van der Waals surface area contributed by atoms with E-state index in [1.165, 1.54) is 31.2 Å². The SMILES string of the molecule is CC.Cc1ccc(NC2CCCC2)nc1.FC(F)(F)c1cn[c-]nc1.[Na+]. The van der Waals surface area contributed by atoms with Gasteiger partial charge in [-0.1, -0.05) is 45.1 Å². The van der Waals surface area contributed by atoms with Gasteiger partial charge in [-0.25, -0.2) is 4.98 Å². The molecule has 26 heavy (non-hydrogen) atoms. The van der Waals surface area contributed by atoms with E-state index in [-0.39, 0.29) is 29.6 Å². The molecule has 3 rings (SSSR count). The molecule has 0 amide bonds. The van der Waals surface area contributed by atoms with E-state index in [2.05, 4.69) is 39.3 Å². The number of rotatable bonds is 2. The van der Waals surface area contributed by atoms with E-state index in [0.29, 0.717) is 18.4 Å². The summed E-state index contributed by atoms with van der Waals surface area (Å²) >= 11 is 0.